The molecule has 1 aromatic carbocycles. The molecule has 2 aliphatic heterocycles. The van der Waals surface area contributed by atoms with Gasteiger partial charge in [0.05, 0.1) is 11.1 Å². The Labute approximate surface area is 176 Å². The molecule has 0 radical (unpaired) electrons. The van der Waals surface area contributed by atoms with E-state index in [-0.39, 0.29) is 5.91 Å². The molecular formula is C20H20BrN5OS. The van der Waals surface area contributed by atoms with Crippen LogP contribution in [0.25, 0.3) is 5.70 Å². The molecule has 0 aliphatic carbocycles. The number of halogens is 1. The standard InChI is InChI=1S/C20H20BrN5OS/c1-3-4-10-28-20-24-19(27)17-14-11-13(21)8-9-15(14)23-18(26(17)25-20)16-7-5-6-12(2)22-16/h5-9,11,18H,3-4,10H2,1-2H3,(H,24,25,27)/t18-/m0/s1. The number of aromatic nitrogens is 1. The molecule has 28 heavy (non-hydrogen) atoms. The second-order valence-corrected chi connectivity index (χ2v) is 8.62. The second kappa shape index (κ2) is 8.05. The molecule has 144 valence electrons. The Morgan fingerprint density at radius 2 is 2.14 bits per heavy atom. The third kappa shape index (κ3) is 3.71. The van der Waals surface area contributed by atoms with Gasteiger partial charge in [-0.1, -0.05) is 47.1 Å². The summed E-state index contributed by atoms with van der Waals surface area (Å²) in [6, 6.07) is 11.6. The SMILES string of the molecule is CCCCSC1=NN2C(=c3cc(Br)ccc3=N[C@@H]2c2cccc(C)n2)C(=O)N1. The first-order valence-corrected chi connectivity index (χ1v) is 11.0. The van der Waals surface area contributed by atoms with Crippen LogP contribution in [0.15, 0.2) is 51.0 Å². The summed E-state index contributed by atoms with van der Waals surface area (Å²) in [6.07, 6.45) is 1.69. The Hall–Kier alpha value is -2.19. The van der Waals surface area contributed by atoms with Crippen molar-refractivity contribution in [1.29, 1.82) is 0 Å². The van der Waals surface area contributed by atoms with Crippen molar-refractivity contribution in [3.63, 3.8) is 0 Å². The topological polar surface area (TPSA) is 70.0 Å². The lowest BCUT2D eigenvalue weighted by molar-refractivity contribution is -0.116. The maximum absolute atomic E-state index is 13.0. The van der Waals surface area contributed by atoms with Gasteiger partial charge in [0.2, 0.25) is 0 Å². The van der Waals surface area contributed by atoms with Gasteiger partial charge in [-0.3, -0.25) is 20.1 Å². The molecule has 4 rings (SSSR count). The van der Waals surface area contributed by atoms with Crippen molar-refractivity contribution < 1.29 is 4.79 Å². The fourth-order valence-corrected chi connectivity index (χ4v) is 4.43. The number of hydrazone groups is 1. The summed E-state index contributed by atoms with van der Waals surface area (Å²) < 4.78 is 0.890. The fourth-order valence-electron chi connectivity index (χ4n) is 3.13. The molecule has 0 unspecified atom stereocenters. The predicted octanol–water partition coefficient (Wildman–Crippen LogP) is 2.83. The zero-order chi connectivity index (χ0) is 19.7. The molecule has 0 fully saturated rings. The number of fused-ring (bicyclic) bond motifs is 2. The van der Waals surface area contributed by atoms with Crippen molar-refractivity contribution in [1.82, 2.24) is 15.3 Å². The zero-order valence-electron chi connectivity index (χ0n) is 15.6. The number of thioether (sulfide) groups is 1. The number of benzene rings is 1. The Bertz CT molecular complexity index is 1080. The maximum atomic E-state index is 13.0. The van der Waals surface area contributed by atoms with Crippen molar-refractivity contribution in [2.45, 2.75) is 32.9 Å². The highest BCUT2D eigenvalue weighted by Gasteiger charge is 2.35. The minimum atomic E-state index is -0.476. The number of pyridine rings is 1. The fraction of sp³-hybridized carbons (Fsp3) is 0.300. The molecule has 3 heterocycles. The summed E-state index contributed by atoms with van der Waals surface area (Å²) in [7, 11) is 0. The molecular weight excluding hydrogens is 438 g/mol. The highest BCUT2D eigenvalue weighted by Crippen LogP contribution is 2.30. The minimum Gasteiger partial charge on any atom is -0.298 e. The van der Waals surface area contributed by atoms with Crippen LogP contribution < -0.4 is 15.9 Å². The zero-order valence-corrected chi connectivity index (χ0v) is 18.0. The van der Waals surface area contributed by atoms with Crippen LogP contribution in [0.5, 0.6) is 0 Å². The van der Waals surface area contributed by atoms with Gasteiger partial charge >= 0.3 is 0 Å². The average Bonchev–Trinajstić information content (AvgIpc) is 2.67. The van der Waals surface area contributed by atoms with Crippen LogP contribution in [-0.4, -0.2) is 26.8 Å². The first kappa shape index (κ1) is 19.1. The van der Waals surface area contributed by atoms with E-state index in [0.717, 1.165) is 45.0 Å². The van der Waals surface area contributed by atoms with Gasteiger partial charge in [-0.2, -0.15) is 0 Å². The first-order valence-electron chi connectivity index (χ1n) is 9.20. The van der Waals surface area contributed by atoms with Crippen LogP contribution in [0, 0.1) is 6.92 Å². The smallest absolute Gasteiger partial charge is 0.276 e. The van der Waals surface area contributed by atoms with E-state index in [1.54, 1.807) is 16.8 Å². The Balaban J connectivity index is 1.87. The van der Waals surface area contributed by atoms with Gasteiger partial charge in [-0.25, -0.2) is 5.01 Å². The Morgan fingerprint density at radius 3 is 2.93 bits per heavy atom. The number of hydrogen-bond donors (Lipinski definition) is 1. The quantitative estimate of drug-likeness (QED) is 0.716. The summed E-state index contributed by atoms with van der Waals surface area (Å²) in [5, 5.41) is 11.5. The molecule has 1 aromatic heterocycles. The summed E-state index contributed by atoms with van der Waals surface area (Å²) in [6.45, 7) is 4.09. The molecule has 0 saturated carbocycles. The number of aryl methyl sites for hydroxylation is 1. The van der Waals surface area contributed by atoms with Gasteiger partial charge < -0.3 is 0 Å². The molecule has 8 heteroatoms. The summed E-state index contributed by atoms with van der Waals surface area (Å²) in [5.74, 6) is 0.742. The number of nitrogens with zero attached hydrogens (tertiary/aromatic N) is 4. The number of rotatable bonds is 4. The van der Waals surface area contributed by atoms with E-state index in [9.17, 15) is 4.79 Å². The number of carbonyl (C=O) groups is 1. The third-order valence-corrected chi connectivity index (χ3v) is 5.92. The van der Waals surface area contributed by atoms with Crippen molar-refractivity contribution in [3.05, 3.63) is 62.8 Å². The van der Waals surface area contributed by atoms with Crippen molar-refractivity contribution in [2.75, 3.05) is 5.75 Å². The highest BCUT2D eigenvalue weighted by molar-refractivity contribution is 9.10. The van der Waals surface area contributed by atoms with E-state index < -0.39 is 6.17 Å². The number of amides is 1. The van der Waals surface area contributed by atoms with E-state index in [1.807, 2.05) is 43.3 Å². The lowest BCUT2D eigenvalue weighted by atomic mass is 10.1. The molecule has 1 atom stereocenters. The highest BCUT2D eigenvalue weighted by atomic mass is 79.9. The number of nitrogens with one attached hydrogen (secondary N) is 1. The number of amidine groups is 1. The molecule has 6 nitrogen and oxygen atoms in total. The lowest BCUT2D eigenvalue weighted by Gasteiger charge is -2.33. The van der Waals surface area contributed by atoms with E-state index >= 15 is 0 Å². The van der Waals surface area contributed by atoms with Gasteiger partial charge in [0.1, 0.15) is 5.70 Å². The maximum Gasteiger partial charge on any atom is 0.276 e. The largest absolute Gasteiger partial charge is 0.298 e. The van der Waals surface area contributed by atoms with Gasteiger partial charge in [-0.05, 0) is 43.7 Å². The van der Waals surface area contributed by atoms with E-state index in [4.69, 9.17) is 10.1 Å². The summed E-state index contributed by atoms with van der Waals surface area (Å²) >= 11 is 5.05. The first-order chi connectivity index (χ1) is 13.6. The van der Waals surface area contributed by atoms with Crippen molar-refractivity contribution in [3.8, 4) is 0 Å². The van der Waals surface area contributed by atoms with Crippen LogP contribution in [0.3, 0.4) is 0 Å². The molecule has 1 N–H and O–H groups in total. The number of hydrogen-bond acceptors (Lipinski definition) is 6. The summed E-state index contributed by atoms with van der Waals surface area (Å²) in [4.78, 5) is 22.5. The van der Waals surface area contributed by atoms with Gasteiger partial charge in [0, 0.05) is 21.1 Å². The van der Waals surface area contributed by atoms with Gasteiger partial charge in [-0.15, -0.1) is 5.10 Å². The van der Waals surface area contributed by atoms with Crippen LogP contribution in [0.4, 0.5) is 0 Å². The van der Waals surface area contributed by atoms with Crippen molar-refractivity contribution in [2.24, 2.45) is 10.1 Å². The molecule has 2 aromatic rings. The molecule has 0 spiro atoms. The second-order valence-electron chi connectivity index (χ2n) is 6.62. The van der Waals surface area contributed by atoms with Crippen LogP contribution >= 0.6 is 27.7 Å². The minimum absolute atomic E-state index is 0.166. The Kier molecular flexibility index (Phi) is 5.50. The van der Waals surface area contributed by atoms with Crippen LogP contribution in [-0.2, 0) is 4.79 Å². The Morgan fingerprint density at radius 1 is 1.29 bits per heavy atom. The lowest BCUT2D eigenvalue weighted by Crippen LogP contribution is -2.50. The van der Waals surface area contributed by atoms with Crippen LogP contribution in [0.2, 0.25) is 0 Å². The van der Waals surface area contributed by atoms with Gasteiger partial charge in [0.15, 0.2) is 11.3 Å². The predicted molar refractivity (Wildman–Crippen MR) is 115 cm³/mol. The molecule has 0 saturated heterocycles. The van der Waals surface area contributed by atoms with Gasteiger partial charge in [0.25, 0.3) is 5.91 Å². The van der Waals surface area contributed by atoms with Crippen molar-refractivity contribution >= 4 is 44.5 Å². The average molecular weight is 458 g/mol. The van der Waals surface area contributed by atoms with E-state index in [0.29, 0.717) is 10.9 Å². The molecule has 2 aliphatic rings. The molecule has 1 amide bonds. The normalized spacial score (nSPS) is 18.0. The van der Waals surface area contributed by atoms with Crippen LogP contribution in [0.1, 0.15) is 37.3 Å². The third-order valence-electron chi connectivity index (χ3n) is 4.48. The number of carbonyl (C=O) groups excluding carboxylic acids is 1. The number of unbranched alkanes of at least 4 members (excludes halogenated alkanes) is 1. The monoisotopic (exact) mass is 457 g/mol. The summed E-state index contributed by atoms with van der Waals surface area (Å²) in [5.41, 5.74) is 2.17. The van der Waals surface area contributed by atoms with E-state index in [2.05, 4.69) is 33.2 Å². The van der Waals surface area contributed by atoms with E-state index in [1.165, 1.54) is 0 Å². The molecule has 0 bridgehead atoms.